The van der Waals surface area contributed by atoms with Crippen molar-refractivity contribution in [3.63, 3.8) is 0 Å². The van der Waals surface area contributed by atoms with Gasteiger partial charge < -0.3 is 15.5 Å². The minimum Gasteiger partial charge on any atom is -0.355 e. The zero-order chi connectivity index (χ0) is 17.0. The van der Waals surface area contributed by atoms with Crippen LogP contribution in [0.1, 0.15) is 33.6 Å². The van der Waals surface area contributed by atoms with Gasteiger partial charge in [0.25, 0.3) is 0 Å². The number of sulfonamides is 1. The number of hydrogen-bond donors (Lipinski definition) is 3. The summed E-state index contributed by atoms with van der Waals surface area (Å²) in [6.07, 6.45) is 3.36. The van der Waals surface area contributed by atoms with Crippen molar-refractivity contribution in [3.8, 4) is 0 Å². The zero-order valence-corrected chi connectivity index (χ0v) is 15.5. The second-order valence-electron chi connectivity index (χ2n) is 5.38. The molecule has 0 aliphatic heterocycles. The number of nitrogens with zero attached hydrogens (tertiary/aromatic N) is 2. The van der Waals surface area contributed by atoms with Crippen LogP contribution in [-0.2, 0) is 10.0 Å². The van der Waals surface area contributed by atoms with Crippen LogP contribution < -0.4 is 15.4 Å². The van der Waals surface area contributed by atoms with E-state index < -0.39 is 10.0 Å². The number of hydrogen-bond acceptors (Lipinski definition) is 4. The van der Waals surface area contributed by atoms with Crippen LogP contribution in [0, 0.1) is 0 Å². The van der Waals surface area contributed by atoms with Crippen LogP contribution >= 0.6 is 0 Å². The van der Waals surface area contributed by atoms with E-state index in [-0.39, 0.29) is 0 Å². The van der Waals surface area contributed by atoms with E-state index >= 15 is 0 Å². The molecule has 0 rings (SSSR count). The molecular formula is C14H33N5O2S. The van der Waals surface area contributed by atoms with Gasteiger partial charge in [-0.3, -0.25) is 4.99 Å². The zero-order valence-electron chi connectivity index (χ0n) is 14.6. The highest BCUT2D eigenvalue weighted by atomic mass is 32.2. The second kappa shape index (κ2) is 11.7. The molecule has 0 saturated heterocycles. The third kappa shape index (κ3) is 11.8. The Morgan fingerprint density at radius 3 is 2.36 bits per heavy atom. The standard InChI is InChI=1S/C14H33N5O2S/c1-6-19(7-2)12-8-9-13(3)18-14(15-4)16-10-11-17-22(5,20)21/h13,17H,6-12H2,1-5H3,(H2,15,16,18). The van der Waals surface area contributed by atoms with Crippen LogP contribution in [0.15, 0.2) is 4.99 Å². The van der Waals surface area contributed by atoms with Crippen molar-refractivity contribution in [2.75, 3.05) is 46.0 Å². The molecule has 0 aromatic carbocycles. The van der Waals surface area contributed by atoms with Gasteiger partial charge in [-0.25, -0.2) is 13.1 Å². The monoisotopic (exact) mass is 335 g/mol. The van der Waals surface area contributed by atoms with Crippen LogP contribution in [0.25, 0.3) is 0 Å². The van der Waals surface area contributed by atoms with Gasteiger partial charge in [0.15, 0.2) is 5.96 Å². The molecule has 0 aliphatic carbocycles. The van der Waals surface area contributed by atoms with Crippen molar-refractivity contribution in [2.24, 2.45) is 4.99 Å². The van der Waals surface area contributed by atoms with Crippen LogP contribution in [0.5, 0.6) is 0 Å². The summed E-state index contributed by atoms with van der Waals surface area (Å²) in [4.78, 5) is 6.56. The van der Waals surface area contributed by atoms with E-state index in [1.165, 1.54) is 0 Å². The van der Waals surface area contributed by atoms with Crippen molar-refractivity contribution in [3.05, 3.63) is 0 Å². The molecule has 132 valence electrons. The maximum Gasteiger partial charge on any atom is 0.208 e. The third-order valence-corrected chi connectivity index (χ3v) is 4.12. The normalized spacial score (nSPS) is 14.2. The van der Waals surface area contributed by atoms with E-state index in [2.05, 4.69) is 46.0 Å². The van der Waals surface area contributed by atoms with Crippen molar-refractivity contribution in [2.45, 2.75) is 39.7 Å². The van der Waals surface area contributed by atoms with Gasteiger partial charge in [-0.1, -0.05) is 13.8 Å². The fourth-order valence-electron chi connectivity index (χ4n) is 2.08. The molecule has 1 unspecified atom stereocenters. The number of nitrogens with one attached hydrogen (secondary N) is 3. The molecule has 7 nitrogen and oxygen atoms in total. The highest BCUT2D eigenvalue weighted by Gasteiger charge is 2.06. The molecule has 0 aromatic heterocycles. The number of guanidine groups is 1. The Balaban J connectivity index is 3.92. The van der Waals surface area contributed by atoms with Gasteiger partial charge >= 0.3 is 0 Å². The van der Waals surface area contributed by atoms with E-state index in [9.17, 15) is 8.42 Å². The number of rotatable bonds is 11. The largest absolute Gasteiger partial charge is 0.355 e. The van der Waals surface area contributed by atoms with Crippen LogP contribution in [0.4, 0.5) is 0 Å². The molecular weight excluding hydrogens is 302 g/mol. The lowest BCUT2D eigenvalue weighted by atomic mass is 10.2. The first-order valence-corrected chi connectivity index (χ1v) is 9.85. The molecule has 0 bridgehead atoms. The molecule has 0 heterocycles. The maximum absolute atomic E-state index is 11.0. The third-order valence-electron chi connectivity index (χ3n) is 3.39. The molecule has 8 heteroatoms. The molecule has 0 radical (unpaired) electrons. The van der Waals surface area contributed by atoms with E-state index in [4.69, 9.17) is 0 Å². The Kier molecular flexibility index (Phi) is 11.2. The summed E-state index contributed by atoms with van der Waals surface area (Å²) >= 11 is 0. The van der Waals surface area contributed by atoms with Crippen LogP contribution in [-0.4, -0.2) is 71.3 Å². The Labute approximate surface area is 136 Å². The molecule has 1 atom stereocenters. The fourth-order valence-corrected chi connectivity index (χ4v) is 2.55. The predicted octanol–water partition coefficient (Wildman–Crippen LogP) is 0.211. The van der Waals surface area contributed by atoms with Gasteiger partial charge in [0.2, 0.25) is 10.0 Å². The van der Waals surface area contributed by atoms with Gasteiger partial charge in [0.1, 0.15) is 0 Å². The summed E-state index contributed by atoms with van der Waals surface area (Å²) in [6, 6.07) is 0.324. The average Bonchev–Trinajstić information content (AvgIpc) is 2.45. The molecule has 0 aromatic rings. The molecule has 0 saturated carbocycles. The second-order valence-corrected chi connectivity index (χ2v) is 7.21. The highest BCUT2D eigenvalue weighted by molar-refractivity contribution is 7.88. The molecule has 0 amide bonds. The fraction of sp³-hybridized carbons (Fsp3) is 0.929. The van der Waals surface area contributed by atoms with Crippen molar-refractivity contribution in [1.29, 1.82) is 0 Å². The summed E-state index contributed by atoms with van der Waals surface area (Å²) in [6.45, 7) is 10.6. The first-order chi connectivity index (χ1) is 10.3. The SMILES string of the molecule is CCN(CC)CCCC(C)NC(=NC)NCCNS(C)(=O)=O. The minimum absolute atomic E-state index is 0.324. The highest BCUT2D eigenvalue weighted by Crippen LogP contribution is 1.99. The summed E-state index contributed by atoms with van der Waals surface area (Å²) in [5.41, 5.74) is 0. The van der Waals surface area contributed by atoms with Crippen LogP contribution in [0.2, 0.25) is 0 Å². The van der Waals surface area contributed by atoms with Gasteiger partial charge in [-0.05, 0) is 39.4 Å². The van der Waals surface area contributed by atoms with Gasteiger partial charge in [-0.2, -0.15) is 0 Å². The molecule has 3 N–H and O–H groups in total. The summed E-state index contributed by atoms with van der Waals surface area (Å²) in [7, 11) is -1.42. The topological polar surface area (TPSA) is 85.8 Å². The average molecular weight is 336 g/mol. The van der Waals surface area contributed by atoms with Crippen molar-refractivity contribution < 1.29 is 8.42 Å². The van der Waals surface area contributed by atoms with Crippen molar-refractivity contribution in [1.82, 2.24) is 20.3 Å². The summed E-state index contributed by atoms with van der Waals surface area (Å²) < 4.78 is 24.4. The quantitative estimate of drug-likeness (QED) is 0.285. The summed E-state index contributed by atoms with van der Waals surface area (Å²) in [5.74, 6) is 0.700. The maximum atomic E-state index is 11.0. The summed E-state index contributed by atoms with van der Waals surface area (Å²) in [5, 5.41) is 6.41. The minimum atomic E-state index is -3.13. The van der Waals surface area contributed by atoms with Gasteiger partial charge in [-0.15, -0.1) is 0 Å². The van der Waals surface area contributed by atoms with Crippen molar-refractivity contribution >= 4 is 16.0 Å². The Bertz CT molecular complexity index is 407. The van der Waals surface area contributed by atoms with E-state index in [0.717, 1.165) is 38.7 Å². The molecule has 0 fully saturated rings. The Morgan fingerprint density at radius 1 is 1.23 bits per heavy atom. The van der Waals surface area contributed by atoms with Gasteiger partial charge in [0.05, 0.1) is 6.26 Å². The number of aliphatic imine (C=N–C) groups is 1. The first-order valence-electron chi connectivity index (χ1n) is 7.96. The van der Waals surface area contributed by atoms with Crippen LogP contribution in [0.3, 0.4) is 0 Å². The van der Waals surface area contributed by atoms with Gasteiger partial charge in [0, 0.05) is 26.2 Å². The van der Waals surface area contributed by atoms with E-state index in [1.54, 1.807) is 7.05 Å². The van der Waals surface area contributed by atoms with E-state index in [1.807, 2.05) is 0 Å². The Hall–Kier alpha value is -0.860. The predicted molar refractivity (Wildman–Crippen MR) is 93.8 cm³/mol. The lowest BCUT2D eigenvalue weighted by Gasteiger charge is -2.21. The lowest BCUT2D eigenvalue weighted by Crippen LogP contribution is -2.44. The van der Waals surface area contributed by atoms with E-state index in [0.29, 0.717) is 25.1 Å². The smallest absolute Gasteiger partial charge is 0.208 e. The Morgan fingerprint density at radius 2 is 1.86 bits per heavy atom. The molecule has 22 heavy (non-hydrogen) atoms. The molecule has 0 aliphatic rings. The molecule has 0 spiro atoms. The first kappa shape index (κ1) is 21.1. The lowest BCUT2D eigenvalue weighted by molar-refractivity contribution is 0.292.